The fourth-order valence-electron chi connectivity index (χ4n) is 2.60. The monoisotopic (exact) mass is 346 g/mol. The van der Waals surface area contributed by atoms with Crippen LogP contribution < -0.4 is 10.6 Å². The molecule has 1 aromatic heterocycles. The van der Waals surface area contributed by atoms with E-state index in [9.17, 15) is 4.79 Å². The summed E-state index contributed by atoms with van der Waals surface area (Å²) in [6, 6.07) is 17.7. The van der Waals surface area contributed by atoms with E-state index in [-0.39, 0.29) is 5.91 Å². The molecule has 0 saturated carbocycles. The molecule has 0 aliphatic rings. The van der Waals surface area contributed by atoms with Crippen molar-refractivity contribution in [3.8, 4) is 0 Å². The minimum Gasteiger partial charge on any atom is -0.347 e. The van der Waals surface area contributed by atoms with Crippen LogP contribution in [-0.2, 0) is 13.0 Å². The Hall–Kier alpha value is -3.21. The number of aromatic nitrogens is 2. The zero-order valence-corrected chi connectivity index (χ0v) is 15.0. The molecule has 0 spiro atoms. The van der Waals surface area contributed by atoms with Crippen LogP contribution in [-0.4, -0.2) is 15.9 Å². The maximum Gasteiger partial charge on any atom is 0.270 e. The molecule has 0 unspecified atom stereocenters. The van der Waals surface area contributed by atoms with Crippen molar-refractivity contribution in [1.82, 2.24) is 15.3 Å². The molecule has 0 aliphatic carbocycles. The highest BCUT2D eigenvalue weighted by Gasteiger charge is 2.09. The SMILES string of the molecule is CCc1ccccc1Nc1nccc(C(=O)NCc2ccc(C)cc2)n1. The molecule has 0 aliphatic heterocycles. The Bertz CT molecular complexity index is 891. The first kappa shape index (κ1) is 17.6. The fourth-order valence-corrected chi connectivity index (χ4v) is 2.60. The predicted octanol–water partition coefficient (Wildman–Crippen LogP) is 4.02. The molecular weight excluding hydrogens is 324 g/mol. The van der Waals surface area contributed by atoms with E-state index < -0.39 is 0 Å². The van der Waals surface area contributed by atoms with Gasteiger partial charge in [0.2, 0.25) is 5.95 Å². The van der Waals surface area contributed by atoms with Gasteiger partial charge in [-0.1, -0.05) is 55.0 Å². The Labute approximate surface area is 153 Å². The number of para-hydroxylation sites is 1. The van der Waals surface area contributed by atoms with Crippen LogP contribution in [0.3, 0.4) is 0 Å². The lowest BCUT2D eigenvalue weighted by Crippen LogP contribution is -2.24. The van der Waals surface area contributed by atoms with Gasteiger partial charge in [-0.15, -0.1) is 0 Å². The molecule has 2 aromatic carbocycles. The lowest BCUT2D eigenvalue weighted by atomic mass is 10.1. The van der Waals surface area contributed by atoms with E-state index in [2.05, 4.69) is 33.6 Å². The first-order valence-corrected chi connectivity index (χ1v) is 8.67. The second kappa shape index (κ2) is 8.25. The third-order valence-corrected chi connectivity index (χ3v) is 4.11. The second-order valence-electron chi connectivity index (χ2n) is 6.07. The number of hydrogen-bond donors (Lipinski definition) is 2. The molecular formula is C21H22N4O. The van der Waals surface area contributed by atoms with Gasteiger partial charge in [0.05, 0.1) is 0 Å². The molecule has 0 radical (unpaired) electrons. The van der Waals surface area contributed by atoms with Crippen molar-refractivity contribution in [2.75, 3.05) is 5.32 Å². The van der Waals surface area contributed by atoms with Crippen molar-refractivity contribution >= 4 is 17.5 Å². The number of amides is 1. The number of aryl methyl sites for hydroxylation is 2. The van der Waals surface area contributed by atoms with Gasteiger partial charge in [-0.2, -0.15) is 0 Å². The minimum atomic E-state index is -0.222. The number of nitrogens with zero attached hydrogens (tertiary/aromatic N) is 2. The molecule has 5 heteroatoms. The largest absolute Gasteiger partial charge is 0.347 e. The van der Waals surface area contributed by atoms with Gasteiger partial charge >= 0.3 is 0 Å². The van der Waals surface area contributed by atoms with E-state index >= 15 is 0 Å². The van der Waals surface area contributed by atoms with Crippen molar-refractivity contribution in [1.29, 1.82) is 0 Å². The highest BCUT2D eigenvalue weighted by molar-refractivity contribution is 5.92. The standard InChI is InChI=1S/C21H22N4O/c1-3-17-6-4-5-7-18(17)24-21-22-13-12-19(25-21)20(26)23-14-16-10-8-15(2)9-11-16/h4-13H,3,14H2,1-2H3,(H,23,26)(H,22,24,25). The van der Waals surface area contributed by atoms with Gasteiger partial charge in [0, 0.05) is 18.4 Å². The van der Waals surface area contributed by atoms with Crippen LogP contribution >= 0.6 is 0 Å². The Morgan fingerprint density at radius 1 is 1.04 bits per heavy atom. The van der Waals surface area contributed by atoms with Crippen LogP contribution in [0.4, 0.5) is 11.6 Å². The molecule has 3 rings (SSSR count). The number of carbonyl (C=O) groups excluding carboxylic acids is 1. The van der Waals surface area contributed by atoms with Crippen LogP contribution in [0, 0.1) is 6.92 Å². The Kier molecular flexibility index (Phi) is 5.59. The average Bonchev–Trinajstić information content (AvgIpc) is 2.68. The summed E-state index contributed by atoms with van der Waals surface area (Å²) in [7, 11) is 0. The van der Waals surface area contributed by atoms with Crippen LogP contribution in [0.5, 0.6) is 0 Å². The van der Waals surface area contributed by atoms with Gasteiger partial charge in [-0.05, 0) is 36.6 Å². The lowest BCUT2D eigenvalue weighted by Gasteiger charge is -2.10. The van der Waals surface area contributed by atoms with E-state index in [1.165, 1.54) is 11.1 Å². The van der Waals surface area contributed by atoms with Crippen LogP contribution in [0.1, 0.15) is 34.1 Å². The first-order valence-electron chi connectivity index (χ1n) is 8.67. The Morgan fingerprint density at radius 3 is 2.58 bits per heavy atom. The molecule has 2 N–H and O–H groups in total. The molecule has 0 atom stereocenters. The van der Waals surface area contributed by atoms with Gasteiger partial charge in [0.15, 0.2) is 0 Å². The summed E-state index contributed by atoms with van der Waals surface area (Å²) in [5.74, 6) is 0.189. The van der Waals surface area contributed by atoms with Crippen LogP contribution in [0.2, 0.25) is 0 Å². The third kappa shape index (κ3) is 4.45. The number of anilines is 2. The molecule has 26 heavy (non-hydrogen) atoms. The summed E-state index contributed by atoms with van der Waals surface area (Å²) in [6.45, 7) is 4.59. The van der Waals surface area contributed by atoms with Crippen LogP contribution in [0.15, 0.2) is 60.8 Å². The van der Waals surface area contributed by atoms with E-state index in [4.69, 9.17) is 0 Å². The highest BCUT2D eigenvalue weighted by Crippen LogP contribution is 2.19. The van der Waals surface area contributed by atoms with Gasteiger partial charge in [-0.3, -0.25) is 4.79 Å². The fraction of sp³-hybridized carbons (Fsp3) is 0.190. The molecule has 5 nitrogen and oxygen atoms in total. The molecule has 1 amide bonds. The second-order valence-corrected chi connectivity index (χ2v) is 6.07. The van der Waals surface area contributed by atoms with E-state index in [1.54, 1.807) is 12.3 Å². The maximum absolute atomic E-state index is 12.4. The molecule has 0 saturated heterocycles. The Balaban J connectivity index is 1.68. The average molecular weight is 346 g/mol. The van der Waals surface area contributed by atoms with Crippen LogP contribution in [0.25, 0.3) is 0 Å². The van der Waals surface area contributed by atoms with Gasteiger partial charge in [0.25, 0.3) is 5.91 Å². The van der Waals surface area contributed by atoms with Crippen molar-refractivity contribution in [3.63, 3.8) is 0 Å². The van der Waals surface area contributed by atoms with Gasteiger partial charge < -0.3 is 10.6 Å². The summed E-state index contributed by atoms with van der Waals surface area (Å²) in [6.07, 6.45) is 2.49. The highest BCUT2D eigenvalue weighted by atomic mass is 16.1. The van der Waals surface area contributed by atoms with E-state index in [1.807, 2.05) is 49.4 Å². The van der Waals surface area contributed by atoms with Gasteiger partial charge in [0.1, 0.15) is 5.69 Å². The number of carbonyl (C=O) groups is 1. The van der Waals surface area contributed by atoms with Crippen molar-refractivity contribution < 1.29 is 4.79 Å². The topological polar surface area (TPSA) is 66.9 Å². The zero-order chi connectivity index (χ0) is 18.4. The normalized spacial score (nSPS) is 10.4. The minimum absolute atomic E-state index is 0.222. The number of rotatable bonds is 6. The number of benzene rings is 2. The van der Waals surface area contributed by atoms with E-state index in [0.717, 1.165) is 17.7 Å². The molecule has 132 valence electrons. The lowest BCUT2D eigenvalue weighted by molar-refractivity contribution is 0.0946. The van der Waals surface area contributed by atoms with Gasteiger partial charge in [-0.25, -0.2) is 9.97 Å². The third-order valence-electron chi connectivity index (χ3n) is 4.11. The van der Waals surface area contributed by atoms with Crippen molar-refractivity contribution in [2.45, 2.75) is 26.8 Å². The van der Waals surface area contributed by atoms with Crippen molar-refractivity contribution in [3.05, 3.63) is 83.2 Å². The molecule has 3 aromatic rings. The molecule has 1 heterocycles. The maximum atomic E-state index is 12.4. The number of hydrogen-bond acceptors (Lipinski definition) is 4. The smallest absolute Gasteiger partial charge is 0.270 e. The predicted molar refractivity (Wildman–Crippen MR) is 103 cm³/mol. The first-order chi connectivity index (χ1) is 12.7. The molecule has 0 bridgehead atoms. The summed E-state index contributed by atoms with van der Waals surface area (Å²) >= 11 is 0. The Morgan fingerprint density at radius 2 is 1.81 bits per heavy atom. The van der Waals surface area contributed by atoms with Crippen molar-refractivity contribution in [2.24, 2.45) is 0 Å². The molecule has 0 fully saturated rings. The summed E-state index contributed by atoms with van der Waals surface area (Å²) in [5, 5.41) is 6.09. The summed E-state index contributed by atoms with van der Waals surface area (Å²) < 4.78 is 0. The number of nitrogens with one attached hydrogen (secondary N) is 2. The van der Waals surface area contributed by atoms with E-state index in [0.29, 0.717) is 18.2 Å². The zero-order valence-electron chi connectivity index (χ0n) is 15.0. The summed E-state index contributed by atoms with van der Waals surface area (Å²) in [4.78, 5) is 20.9. The quantitative estimate of drug-likeness (QED) is 0.707. The summed E-state index contributed by atoms with van der Waals surface area (Å²) in [5.41, 5.74) is 4.70.